The van der Waals surface area contributed by atoms with Crippen LogP contribution in [0.2, 0.25) is 0 Å². The van der Waals surface area contributed by atoms with Gasteiger partial charge in [-0.25, -0.2) is 0 Å². The third kappa shape index (κ3) is 2.93. The molecule has 1 aromatic carbocycles. The Hall–Kier alpha value is -2.37. The predicted molar refractivity (Wildman–Crippen MR) is 82.2 cm³/mol. The Kier molecular flexibility index (Phi) is 3.52. The molecule has 1 heterocycles. The van der Waals surface area contributed by atoms with Crippen molar-refractivity contribution >= 4 is 5.91 Å². The Morgan fingerprint density at radius 1 is 1.26 bits per heavy atom. The van der Waals surface area contributed by atoms with E-state index in [2.05, 4.69) is 15.5 Å². The number of carbonyl (C=O) groups excluding carboxylic acids is 1. The number of phenolic OH excluding ortho intramolecular Hbond substituents is 1. The van der Waals surface area contributed by atoms with Crippen molar-refractivity contribution in [2.75, 3.05) is 0 Å². The highest BCUT2D eigenvalue weighted by atomic mass is 16.5. The number of hydrogen-bond donors (Lipinski definition) is 2. The first-order valence-corrected chi connectivity index (χ1v) is 8.16. The number of benzene rings is 1. The van der Waals surface area contributed by atoms with Crippen LogP contribution in [0.4, 0.5) is 0 Å². The lowest BCUT2D eigenvalue weighted by molar-refractivity contribution is 0.0943. The molecule has 1 saturated carbocycles. The molecule has 6 heteroatoms. The average molecular weight is 313 g/mol. The molecule has 2 N–H and O–H groups in total. The molecule has 0 radical (unpaired) electrons. The molecular weight excluding hydrogens is 294 g/mol. The van der Waals surface area contributed by atoms with Crippen molar-refractivity contribution in [1.82, 2.24) is 15.5 Å². The maximum Gasteiger partial charge on any atom is 0.255 e. The van der Waals surface area contributed by atoms with Gasteiger partial charge in [0.05, 0.1) is 12.1 Å². The molecule has 6 nitrogen and oxygen atoms in total. The minimum atomic E-state index is -0.318. The molecule has 23 heavy (non-hydrogen) atoms. The topological polar surface area (TPSA) is 88.3 Å². The summed E-state index contributed by atoms with van der Waals surface area (Å²) in [6.45, 7) is 0.176. The van der Waals surface area contributed by atoms with Crippen molar-refractivity contribution in [3.8, 4) is 5.75 Å². The van der Waals surface area contributed by atoms with Crippen LogP contribution in [0.3, 0.4) is 0 Å². The van der Waals surface area contributed by atoms with E-state index in [0.29, 0.717) is 17.4 Å². The maximum absolute atomic E-state index is 12.3. The van der Waals surface area contributed by atoms with E-state index in [4.69, 9.17) is 4.52 Å². The minimum Gasteiger partial charge on any atom is -0.507 e. The normalized spacial score (nSPS) is 16.9. The van der Waals surface area contributed by atoms with E-state index < -0.39 is 0 Å². The van der Waals surface area contributed by atoms with Crippen molar-refractivity contribution in [3.63, 3.8) is 0 Å². The Morgan fingerprint density at radius 3 is 2.74 bits per heavy atom. The van der Waals surface area contributed by atoms with Crippen LogP contribution >= 0.6 is 0 Å². The van der Waals surface area contributed by atoms with Crippen LogP contribution < -0.4 is 5.32 Å². The molecule has 120 valence electrons. The fourth-order valence-corrected chi connectivity index (χ4v) is 3.05. The summed E-state index contributed by atoms with van der Waals surface area (Å²) in [6, 6.07) is 3.53. The molecule has 1 aromatic heterocycles. The van der Waals surface area contributed by atoms with E-state index in [1.54, 1.807) is 6.07 Å². The summed E-state index contributed by atoms with van der Waals surface area (Å²) in [5.41, 5.74) is 2.62. The molecule has 2 aromatic rings. The van der Waals surface area contributed by atoms with Gasteiger partial charge in [0.2, 0.25) is 5.89 Å². The van der Waals surface area contributed by atoms with Gasteiger partial charge in [-0.2, -0.15) is 4.98 Å². The Labute approximate surface area is 133 Å². The second-order valence-electron chi connectivity index (χ2n) is 6.35. The first-order chi connectivity index (χ1) is 11.2. The highest BCUT2D eigenvalue weighted by Gasteiger charge is 2.28. The molecule has 1 fully saturated rings. The fourth-order valence-electron chi connectivity index (χ4n) is 3.05. The number of hydrogen-bond acceptors (Lipinski definition) is 5. The standard InChI is InChI=1S/C17H19N3O3/c21-14-8-12-4-2-1-3-11(12)7-13(14)17(22)18-9-15-19-16(20-23-15)10-5-6-10/h7-8,10,21H,1-6,9H2,(H,18,22). The average Bonchev–Trinajstić information content (AvgIpc) is 3.30. The number of carbonyl (C=O) groups is 1. The van der Waals surface area contributed by atoms with Crippen LogP contribution in [-0.2, 0) is 19.4 Å². The molecule has 0 bridgehead atoms. The monoisotopic (exact) mass is 313 g/mol. The van der Waals surface area contributed by atoms with Gasteiger partial charge >= 0.3 is 0 Å². The summed E-state index contributed by atoms with van der Waals surface area (Å²) in [5, 5.41) is 16.8. The van der Waals surface area contributed by atoms with E-state index >= 15 is 0 Å². The van der Waals surface area contributed by atoms with Gasteiger partial charge in [-0.1, -0.05) is 5.16 Å². The summed E-state index contributed by atoms with van der Waals surface area (Å²) in [5.74, 6) is 1.27. The summed E-state index contributed by atoms with van der Waals surface area (Å²) in [4.78, 5) is 16.6. The van der Waals surface area contributed by atoms with Crippen molar-refractivity contribution in [1.29, 1.82) is 0 Å². The summed E-state index contributed by atoms with van der Waals surface area (Å²) in [7, 11) is 0. The molecular formula is C17H19N3O3. The number of amides is 1. The Balaban J connectivity index is 1.45. The van der Waals surface area contributed by atoms with Gasteiger partial charge in [-0.15, -0.1) is 0 Å². The van der Waals surface area contributed by atoms with Crippen molar-refractivity contribution in [2.24, 2.45) is 0 Å². The van der Waals surface area contributed by atoms with E-state index in [-0.39, 0.29) is 18.2 Å². The summed E-state index contributed by atoms with van der Waals surface area (Å²) >= 11 is 0. The summed E-state index contributed by atoms with van der Waals surface area (Å²) in [6.07, 6.45) is 6.41. The SMILES string of the molecule is O=C(NCc1nc(C2CC2)no1)c1cc2c(cc1O)CCCC2. The number of nitrogens with one attached hydrogen (secondary N) is 1. The zero-order valence-corrected chi connectivity index (χ0v) is 12.8. The van der Waals surface area contributed by atoms with Gasteiger partial charge < -0.3 is 14.9 Å². The first kappa shape index (κ1) is 14.2. The number of nitrogens with zero attached hydrogens (tertiary/aromatic N) is 2. The van der Waals surface area contributed by atoms with Crippen LogP contribution in [0.5, 0.6) is 5.75 Å². The first-order valence-electron chi connectivity index (χ1n) is 8.16. The van der Waals surface area contributed by atoms with Crippen molar-refractivity contribution in [3.05, 3.63) is 40.5 Å². The fraction of sp³-hybridized carbons (Fsp3) is 0.471. The zero-order valence-electron chi connectivity index (χ0n) is 12.8. The van der Waals surface area contributed by atoms with Gasteiger partial charge in [0.15, 0.2) is 5.82 Å². The Bertz CT molecular complexity index is 750. The van der Waals surface area contributed by atoms with Gasteiger partial charge in [0.25, 0.3) is 5.91 Å². The smallest absolute Gasteiger partial charge is 0.255 e. The molecule has 0 atom stereocenters. The van der Waals surface area contributed by atoms with Crippen molar-refractivity contribution < 1.29 is 14.4 Å². The predicted octanol–water partition coefficient (Wildman–Crippen LogP) is 2.46. The third-order valence-corrected chi connectivity index (χ3v) is 4.53. The number of phenols is 1. The number of fused-ring (bicyclic) bond motifs is 1. The van der Waals surface area contributed by atoms with Crippen LogP contribution in [0.25, 0.3) is 0 Å². The third-order valence-electron chi connectivity index (χ3n) is 4.53. The minimum absolute atomic E-state index is 0.0346. The van der Waals surface area contributed by atoms with E-state index in [0.717, 1.165) is 55.5 Å². The van der Waals surface area contributed by atoms with Gasteiger partial charge in [0.1, 0.15) is 5.75 Å². The van der Waals surface area contributed by atoms with E-state index in [1.807, 2.05) is 6.07 Å². The quantitative estimate of drug-likeness (QED) is 0.905. The molecule has 4 rings (SSSR count). The lowest BCUT2D eigenvalue weighted by Crippen LogP contribution is -2.23. The van der Waals surface area contributed by atoms with E-state index in [1.165, 1.54) is 0 Å². The number of rotatable bonds is 4. The molecule has 2 aliphatic carbocycles. The number of aromatic hydroxyl groups is 1. The van der Waals surface area contributed by atoms with Crippen LogP contribution in [0.15, 0.2) is 16.7 Å². The lowest BCUT2D eigenvalue weighted by Gasteiger charge is -2.17. The highest BCUT2D eigenvalue weighted by molar-refractivity contribution is 5.97. The largest absolute Gasteiger partial charge is 0.507 e. The van der Waals surface area contributed by atoms with Crippen molar-refractivity contribution in [2.45, 2.75) is 51.0 Å². The molecule has 0 saturated heterocycles. The number of aryl methyl sites for hydroxylation is 2. The van der Waals surface area contributed by atoms with Crippen LogP contribution in [0.1, 0.15) is 64.8 Å². The number of aromatic nitrogens is 2. The molecule has 2 aliphatic rings. The van der Waals surface area contributed by atoms with Gasteiger partial charge in [-0.05, 0) is 61.8 Å². The second-order valence-corrected chi connectivity index (χ2v) is 6.35. The second kappa shape index (κ2) is 5.68. The Morgan fingerprint density at radius 2 is 2.00 bits per heavy atom. The van der Waals surface area contributed by atoms with Crippen LogP contribution in [0, 0.1) is 0 Å². The van der Waals surface area contributed by atoms with Gasteiger partial charge in [-0.3, -0.25) is 4.79 Å². The maximum atomic E-state index is 12.3. The zero-order chi connectivity index (χ0) is 15.8. The van der Waals surface area contributed by atoms with E-state index in [9.17, 15) is 9.90 Å². The molecule has 0 unspecified atom stereocenters. The van der Waals surface area contributed by atoms with Crippen LogP contribution in [-0.4, -0.2) is 21.2 Å². The molecule has 0 aliphatic heterocycles. The molecule has 0 spiro atoms. The molecule has 1 amide bonds. The summed E-state index contributed by atoms with van der Waals surface area (Å²) < 4.78 is 5.13. The van der Waals surface area contributed by atoms with Gasteiger partial charge in [0, 0.05) is 5.92 Å². The highest BCUT2D eigenvalue weighted by Crippen LogP contribution is 2.38. The lowest BCUT2D eigenvalue weighted by atomic mass is 9.90.